The molecule has 0 radical (unpaired) electrons. The van der Waals surface area contributed by atoms with E-state index in [-0.39, 0.29) is 11.1 Å². The van der Waals surface area contributed by atoms with Crippen LogP contribution in [-0.2, 0) is 14.3 Å². The molecular weight excluding hydrogens is 312 g/mol. The maximum atomic E-state index is 11.9. The molecular formula is C18H16O6. The van der Waals surface area contributed by atoms with E-state index in [1.54, 1.807) is 36.4 Å². The highest BCUT2D eigenvalue weighted by molar-refractivity contribution is 6.17. The molecule has 2 aromatic carbocycles. The van der Waals surface area contributed by atoms with Crippen molar-refractivity contribution >= 4 is 17.5 Å². The molecule has 0 amide bonds. The van der Waals surface area contributed by atoms with Gasteiger partial charge in [-0.2, -0.15) is 0 Å². The molecule has 124 valence electrons. The number of hydrogen-bond acceptors (Lipinski definition) is 5. The maximum absolute atomic E-state index is 11.9. The zero-order valence-electron chi connectivity index (χ0n) is 13.2. The maximum Gasteiger partial charge on any atom is 0.341 e. The fourth-order valence-corrected chi connectivity index (χ4v) is 2.05. The summed E-state index contributed by atoms with van der Waals surface area (Å²) in [6.07, 6.45) is 1.27. The molecule has 6 heteroatoms. The molecule has 6 nitrogen and oxygen atoms in total. The van der Waals surface area contributed by atoms with Crippen molar-refractivity contribution in [3.63, 3.8) is 0 Å². The molecule has 2 rings (SSSR count). The van der Waals surface area contributed by atoms with E-state index in [1.807, 2.05) is 0 Å². The topological polar surface area (TPSA) is 82.1 Å². The number of carboxylic acids is 1. The Kier molecular flexibility index (Phi) is 5.57. The summed E-state index contributed by atoms with van der Waals surface area (Å²) in [6.45, 7) is 0. The van der Waals surface area contributed by atoms with Gasteiger partial charge < -0.3 is 19.3 Å². The number of ether oxygens (including phenoxy) is 3. The highest BCUT2D eigenvalue weighted by Crippen LogP contribution is 2.31. The Labute approximate surface area is 138 Å². The molecule has 0 unspecified atom stereocenters. The van der Waals surface area contributed by atoms with Gasteiger partial charge in [0.2, 0.25) is 0 Å². The van der Waals surface area contributed by atoms with E-state index in [4.69, 9.17) is 19.3 Å². The van der Waals surface area contributed by atoms with Crippen molar-refractivity contribution in [2.75, 3.05) is 14.2 Å². The third-order valence-electron chi connectivity index (χ3n) is 3.13. The lowest BCUT2D eigenvalue weighted by molar-refractivity contribution is -0.133. The van der Waals surface area contributed by atoms with Crippen LogP contribution in [0.2, 0.25) is 0 Å². The standard InChI is InChI=1S/C18H16O6/c1-22-11-15(18(21)23-2)14-8-3-4-9-16(14)24-13-7-5-6-12(10-13)17(19)20/h3-11H,1-2H3,(H,19,20)/b15-11+. The molecule has 0 bridgehead atoms. The number of aromatic carboxylic acids is 1. The molecule has 0 saturated carbocycles. The zero-order chi connectivity index (χ0) is 17.5. The fourth-order valence-electron chi connectivity index (χ4n) is 2.05. The van der Waals surface area contributed by atoms with Gasteiger partial charge >= 0.3 is 11.9 Å². The van der Waals surface area contributed by atoms with Crippen molar-refractivity contribution in [1.29, 1.82) is 0 Å². The number of para-hydroxylation sites is 1. The number of rotatable bonds is 6. The van der Waals surface area contributed by atoms with Gasteiger partial charge in [-0.05, 0) is 24.3 Å². The lowest BCUT2D eigenvalue weighted by atomic mass is 10.1. The van der Waals surface area contributed by atoms with Crippen LogP contribution in [0.5, 0.6) is 11.5 Å². The molecule has 0 aliphatic carbocycles. The average Bonchev–Trinajstić information content (AvgIpc) is 2.60. The number of benzene rings is 2. The van der Waals surface area contributed by atoms with Gasteiger partial charge in [0.05, 0.1) is 26.0 Å². The summed E-state index contributed by atoms with van der Waals surface area (Å²) in [4.78, 5) is 23.0. The van der Waals surface area contributed by atoms with E-state index in [0.29, 0.717) is 17.1 Å². The van der Waals surface area contributed by atoms with Crippen molar-refractivity contribution in [2.45, 2.75) is 0 Å². The Morgan fingerprint density at radius 3 is 2.46 bits per heavy atom. The van der Waals surface area contributed by atoms with Gasteiger partial charge in [-0.15, -0.1) is 0 Å². The molecule has 2 aromatic rings. The van der Waals surface area contributed by atoms with Gasteiger partial charge in [-0.1, -0.05) is 24.3 Å². The number of carbonyl (C=O) groups excluding carboxylic acids is 1. The Morgan fingerprint density at radius 1 is 1.04 bits per heavy atom. The molecule has 0 fully saturated rings. The monoisotopic (exact) mass is 328 g/mol. The second-order valence-electron chi connectivity index (χ2n) is 4.69. The summed E-state index contributed by atoms with van der Waals surface area (Å²) in [6, 6.07) is 12.9. The number of carbonyl (C=O) groups is 2. The van der Waals surface area contributed by atoms with Crippen LogP contribution < -0.4 is 4.74 Å². The Bertz CT molecular complexity index is 779. The third kappa shape index (κ3) is 3.92. The molecule has 0 heterocycles. The van der Waals surface area contributed by atoms with E-state index >= 15 is 0 Å². The first-order valence-electron chi connectivity index (χ1n) is 6.98. The third-order valence-corrected chi connectivity index (χ3v) is 3.13. The Hall–Kier alpha value is -3.28. The first-order chi connectivity index (χ1) is 11.6. The highest BCUT2D eigenvalue weighted by Gasteiger charge is 2.18. The van der Waals surface area contributed by atoms with Gasteiger partial charge in [-0.3, -0.25) is 0 Å². The minimum atomic E-state index is -1.05. The predicted octanol–water partition coefficient (Wildman–Crippen LogP) is 3.34. The summed E-state index contributed by atoms with van der Waals surface area (Å²) in [7, 11) is 2.69. The molecule has 0 atom stereocenters. The molecule has 0 aromatic heterocycles. The predicted molar refractivity (Wildman–Crippen MR) is 86.9 cm³/mol. The van der Waals surface area contributed by atoms with Crippen molar-refractivity contribution < 1.29 is 28.9 Å². The van der Waals surface area contributed by atoms with E-state index in [2.05, 4.69) is 0 Å². The summed E-state index contributed by atoms with van der Waals surface area (Å²) in [5.74, 6) is -0.923. The van der Waals surface area contributed by atoms with E-state index < -0.39 is 11.9 Å². The van der Waals surface area contributed by atoms with Crippen LogP contribution in [0.3, 0.4) is 0 Å². The van der Waals surface area contributed by atoms with Crippen LogP contribution in [0.1, 0.15) is 15.9 Å². The van der Waals surface area contributed by atoms with Crippen LogP contribution in [0.25, 0.3) is 5.57 Å². The SMILES string of the molecule is CO/C=C(/C(=O)OC)c1ccccc1Oc1cccc(C(=O)O)c1. The Morgan fingerprint density at radius 2 is 1.79 bits per heavy atom. The van der Waals surface area contributed by atoms with Crippen molar-refractivity contribution in [2.24, 2.45) is 0 Å². The van der Waals surface area contributed by atoms with Crippen molar-refractivity contribution in [1.82, 2.24) is 0 Å². The molecule has 1 N–H and O–H groups in total. The first-order valence-corrected chi connectivity index (χ1v) is 6.98. The van der Waals surface area contributed by atoms with Crippen LogP contribution in [0.4, 0.5) is 0 Å². The van der Waals surface area contributed by atoms with Gasteiger partial charge in [0.25, 0.3) is 0 Å². The van der Waals surface area contributed by atoms with Crippen LogP contribution in [0.15, 0.2) is 54.8 Å². The lowest BCUT2D eigenvalue weighted by Gasteiger charge is -2.13. The van der Waals surface area contributed by atoms with E-state index in [9.17, 15) is 9.59 Å². The summed E-state index contributed by atoms with van der Waals surface area (Å²) >= 11 is 0. The minimum absolute atomic E-state index is 0.102. The quantitative estimate of drug-likeness (QED) is 0.497. The van der Waals surface area contributed by atoms with E-state index in [1.165, 1.54) is 32.6 Å². The normalized spacial score (nSPS) is 10.8. The molecule has 0 saturated heterocycles. The summed E-state index contributed by atoms with van der Waals surface area (Å²) in [5, 5.41) is 9.05. The van der Waals surface area contributed by atoms with Gasteiger partial charge in [0.1, 0.15) is 17.1 Å². The van der Waals surface area contributed by atoms with Gasteiger partial charge in [-0.25, -0.2) is 9.59 Å². The van der Waals surface area contributed by atoms with Gasteiger partial charge in [0, 0.05) is 5.56 Å². The van der Waals surface area contributed by atoms with Gasteiger partial charge in [0.15, 0.2) is 0 Å². The zero-order valence-corrected chi connectivity index (χ0v) is 13.2. The number of carboxylic acid groups (broad SMARTS) is 1. The minimum Gasteiger partial charge on any atom is -0.503 e. The van der Waals surface area contributed by atoms with Crippen LogP contribution >= 0.6 is 0 Å². The number of esters is 1. The smallest absolute Gasteiger partial charge is 0.341 e. The Balaban J connectivity index is 2.42. The molecule has 0 aliphatic heterocycles. The second-order valence-corrected chi connectivity index (χ2v) is 4.69. The summed E-state index contributed by atoms with van der Waals surface area (Å²) < 4.78 is 15.5. The molecule has 0 aliphatic rings. The molecule has 0 spiro atoms. The van der Waals surface area contributed by atoms with Crippen LogP contribution in [0, 0.1) is 0 Å². The summed E-state index contributed by atoms with van der Waals surface area (Å²) in [5.41, 5.74) is 0.752. The van der Waals surface area contributed by atoms with Crippen LogP contribution in [-0.4, -0.2) is 31.3 Å². The highest BCUT2D eigenvalue weighted by atomic mass is 16.5. The fraction of sp³-hybridized carbons (Fsp3) is 0.111. The largest absolute Gasteiger partial charge is 0.503 e. The van der Waals surface area contributed by atoms with Crippen molar-refractivity contribution in [3.05, 3.63) is 65.9 Å². The van der Waals surface area contributed by atoms with E-state index in [0.717, 1.165) is 0 Å². The lowest BCUT2D eigenvalue weighted by Crippen LogP contribution is -2.06. The average molecular weight is 328 g/mol. The number of methoxy groups -OCH3 is 2. The number of hydrogen-bond donors (Lipinski definition) is 1. The van der Waals surface area contributed by atoms with Crippen molar-refractivity contribution in [3.8, 4) is 11.5 Å². The molecule has 24 heavy (non-hydrogen) atoms. The second kappa shape index (κ2) is 7.82. The first kappa shape index (κ1) is 17.1.